The normalized spacial score (nSPS) is 13.3. The number of para-hydroxylation sites is 1. The summed E-state index contributed by atoms with van der Waals surface area (Å²) >= 11 is 0. The zero-order valence-corrected chi connectivity index (χ0v) is 12.7. The van der Waals surface area contributed by atoms with Crippen LogP contribution >= 0.6 is 0 Å². The Morgan fingerprint density at radius 3 is 2.61 bits per heavy atom. The molecule has 0 spiro atoms. The zero-order chi connectivity index (χ0) is 16.2. The monoisotopic (exact) mass is 311 g/mol. The van der Waals surface area contributed by atoms with E-state index in [9.17, 15) is 9.59 Å². The molecule has 1 aromatic heterocycles. The molecule has 6 nitrogen and oxygen atoms in total. The number of rotatable bonds is 5. The van der Waals surface area contributed by atoms with Gasteiger partial charge in [-0.3, -0.25) is 4.79 Å². The second-order valence-corrected chi connectivity index (χ2v) is 5.36. The van der Waals surface area contributed by atoms with E-state index in [1.807, 2.05) is 6.07 Å². The van der Waals surface area contributed by atoms with Crippen LogP contribution in [-0.2, 0) is 9.53 Å². The molecule has 0 aliphatic heterocycles. The average Bonchev–Trinajstić information content (AvgIpc) is 3.41. The van der Waals surface area contributed by atoms with E-state index in [0.29, 0.717) is 22.8 Å². The van der Waals surface area contributed by atoms with Crippen molar-refractivity contribution in [2.45, 2.75) is 12.8 Å². The number of hydrogen-bond acceptors (Lipinski definition) is 5. The molecule has 6 heteroatoms. The van der Waals surface area contributed by atoms with E-state index >= 15 is 0 Å². The standard InChI is InChI=1S/C17H17N3O3/c1-23-17(22)13-4-2-3-5-14(13)19-12-8-9-15(18-10-12)20-16(21)11-6-7-11/h2-5,8-11,19H,6-7H2,1H3,(H,18,20,21). The predicted octanol–water partition coefficient (Wildman–Crippen LogP) is 2.96. The van der Waals surface area contributed by atoms with Crippen molar-refractivity contribution in [1.29, 1.82) is 0 Å². The van der Waals surface area contributed by atoms with Gasteiger partial charge in [0.2, 0.25) is 5.91 Å². The number of ether oxygens (including phenoxy) is 1. The van der Waals surface area contributed by atoms with Gasteiger partial charge in [-0.1, -0.05) is 12.1 Å². The van der Waals surface area contributed by atoms with Crippen molar-refractivity contribution in [1.82, 2.24) is 4.98 Å². The smallest absolute Gasteiger partial charge is 0.339 e. The Labute approximate surface area is 133 Å². The number of nitrogens with one attached hydrogen (secondary N) is 2. The lowest BCUT2D eigenvalue weighted by atomic mass is 10.1. The number of benzene rings is 1. The molecule has 0 bridgehead atoms. The highest BCUT2D eigenvalue weighted by Gasteiger charge is 2.29. The molecule has 118 valence electrons. The fourth-order valence-corrected chi connectivity index (χ4v) is 2.15. The molecule has 1 heterocycles. The lowest BCUT2D eigenvalue weighted by Gasteiger charge is -2.11. The molecule has 1 fully saturated rings. The number of carbonyl (C=O) groups excluding carboxylic acids is 2. The summed E-state index contributed by atoms with van der Waals surface area (Å²) in [7, 11) is 1.35. The number of esters is 1. The second-order valence-electron chi connectivity index (χ2n) is 5.36. The van der Waals surface area contributed by atoms with Crippen molar-refractivity contribution in [3.63, 3.8) is 0 Å². The van der Waals surface area contributed by atoms with Crippen molar-refractivity contribution in [3.05, 3.63) is 48.2 Å². The molecular formula is C17H17N3O3. The minimum absolute atomic E-state index is 0.0225. The van der Waals surface area contributed by atoms with E-state index in [1.54, 1.807) is 36.5 Å². The zero-order valence-electron chi connectivity index (χ0n) is 12.7. The van der Waals surface area contributed by atoms with Gasteiger partial charge in [0.05, 0.1) is 30.2 Å². The first-order valence-corrected chi connectivity index (χ1v) is 7.38. The summed E-state index contributed by atoms with van der Waals surface area (Å²) in [6.07, 6.45) is 3.52. The summed E-state index contributed by atoms with van der Waals surface area (Å²) < 4.78 is 4.76. The van der Waals surface area contributed by atoms with Gasteiger partial charge >= 0.3 is 5.97 Å². The first-order chi connectivity index (χ1) is 11.2. The molecule has 0 radical (unpaired) electrons. The van der Waals surface area contributed by atoms with Crippen LogP contribution in [0.5, 0.6) is 0 Å². The van der Waals surface area contributed by atoms with Crippen molar-refractivity contribution in [2.75, 3.05) is 17.7 Å². The van der Waals surface area contributed by atoms with Gasteiger partial charge in [-0.05, 0) is 37.1 Å². The molecule has 1 amide bonds. The summed E-state index contributed by atoms with van der Waals surface area (Å²) in [4.78, 5) is 27.6. The minimum Gasteiger partial charge on any atom is -0.465 e. The molecule has 3 rings (SSSR count). The van der Waals surface area contributed by atoms with Crippen LogP contribution in [-0.4, -0.2) is 24.0 Å². The molecule has 1 saturated carbocycles. The molecule has 0 atom stereocenters. The maximum absolute atomic E-state index is 11.7. The van der Waals surface area contributed by atoms with Gasteiger partial charge < -0.3 is 15.4 Å². The summed E-state index contributed by atoms with van der Waals surface area (Å²) in [6.45, 7) is 0. The maximum atomic E-state index is 11.7. The Kier molecular flexibility index (Phi) is 4.23. The van der Waals surface area contributed by atoms with Gasteiger partial charge in [0.1, 0.15) is 5.82 Å². The average molecular weight is 311 g/mol. The SMILES string of the molecule is COC(=O)c1ccccc1Nc1ccc(NC(=O)C2CC2)nc1. The van der Waals surface area contributed by atoms with Gasteiger partial charge in [-0.15, -0.1) is 0 Å². The van der Waals surface area contributed by atoms with Gasteiger partial charge in [-0.25, -0.2) is 9.78 Å². The van der Waals surface area contributed by atoms with Gasteiger partial charge in [0.15, 0.2) is 0 Å². The first-order valence-electron chi connectivity index (χ1n) is 7.38. The Balaban J connectivity index is 1.71. The van der Waals surface area contributed by atoms with Gasteiger partial charge in [0, 0.05) is 5.92 Å². The molecule has 0 saturated heterocycles. The van der Waals surface area contributed by atoms with Crippen molar-refractivity contribution >= 4 is 29.1 Å². The van der Waals surface area contributed by atoms with Crippen LogP contribution in [0.25, 0.3) is 0 Å². The van der Waals surface area contributed by atoms with E-state index in [2.05, 4.69) is 15.6 Å². The summed E-state index contributed by atoms with van der Waals surface area (Å²) in [5.41, 5.74) is 1.79. The quantitative estimate of drug-likeness (QED) is 0.830. The number of aromatic nitrogens is 1. The highest BCUT2D eigenvalue weighted by molar-refractivity contribution is 5.96. The lowest BCUT2D eigenvalue weighted by molar-refractivity contribution is -0.117. The number of pyridine rings is 1. The molecule has 2 aromatic rings. The minimum atomic E-state index is -0.408. The highest BCUT2D eigenvalue weighted by atomic mass is 16.5. The third-order valence-corrected chi connectivity index (χ3v) is 3.57. The van der Waals surface area contributed by atoms with Crippen LogP contribution in [0.3, 0.4) is 0 Å². The molecular weight excluding hydrogens is 294 g/mol. The number of methoxy groups -OCH3 is 1. The largest absolute Gasteiger partial charge is 0.465 e. The van der Waals surface area contributed by atoms with Crippen LogP contribution in [0.4, 0.5) is 17.2 Å². The van der Waals surface area contributed by atoms with E-state index in [4.69, 9.17) is 4.74 Å². The topological polar surface area (TPSA) is 80.3 Å². The summed E-state index contributed by atoms with van der Waals surface area (Å²) in [5.74, 6) is 0.277. The van der Waals surface area contributed by atoms with Crippen LogP contribution in [0.15, 0.2) is 42.6 Å². The molecule has 1 aliphatic rings. The molecule has 1 aliphatic carbocycles. The summed E-state index contributed by atoms with van der Waals surface area (Å²) in [5, 5.41) is 5.91. The van der Waals surface area contributed by atoms with Crippen LogP contribution in [0.1, 0.15) is 23.2 Å². The molecule has 0 unspecified atom stereocenters. The Morgan fingerprint density at radius 1 is 1.17 bits per heavy atom. The maximum Gasteiger partial charge on any atom is 0.339 e. The Hall–Kier alpha value is -2.89. The third-order valence-electron chi connectivity index (χ3n) is 3.57. The molecule has 1 aromatic carbocycles. The number of amides is 1. The number of anilines is 3. The second kappa shape index (κ2) is 6.48. The van der Waals surface area contributed by atoms with E-state index in [0.717, 1.165) is 12.8 Å². The van der Waals surface area contributed by atoms with Crippen LogP contribution < -0.4 is 10.6 Å². The highest BCUT2D eigenvalue weighted by Crippen LogP contribution is 2.30. The number of nitrogens with zero attached hydrogens (tertiary/aromatic N) is 1. The first kappa shape index (κ1) is 15.0. The number of carbonyl (C=O) groups is 2. The number of hydrogen-bond donors (Lipinski definition) is 2. The fraction of sp³-hybridized carbons (Fsp3) is 0.235. The molecule has 23 heavy (non-hydrogen) atoms. The Morgan fingerprint density at radius 2 is 1.96 bits per heavy atom. The fourth-order valence-electron chi connectivity index (χ4n) is 2.15. The third kappa shape index (κ3) is 3.66. The van der Waals surface area contributed by atoms with Crippen molar-refractivity contribution < 1.29 is 14.3 Å². The lowest BCUT2D eigenvalue weighted by Crippen LogP contribution is -2.14. The van der Waals surface area contributed by atoms with Gasteiger partial charge in [0.25, 0.3) is 0 Å². The van der Waals surface area contributed by atoms with Gasteiger partial charge in [-0.2, -0.15) is 0 Å². The van der Waals surface area contributed by atoms with E-state index in [-0.39, 0.29) is 11.8 Å². The Bertz CT molecular complexity index is 724. The van der Waals surface area contributed by atoms with Crippen LogP contribution in [0.2, 0.25) is 0 Å². The summed E-state index contributed by atoms with van der Waals surface area (Å²) in [6, 6.07) is 10.6. The van der Waals surface area contributed by atoms with E-state index in [1.165, 1.54) is 7.11 Å². The van der Waals surface area contributed by atoms with Crippen molar-refractivity contribution in [3.8, 4) is 0 Å². The molecule has 2 N–H and O–H groups in total. The van der Waals surface area contributed by atoms with E-state index < -0.39 is 5.97 Å². The van der Waals surface area contributed by atoms with Crippen molar-refractivity contribution in [2.24, 2.45) is 5.92 Å². The van der Waals surface area contributed by atoms with Crippen LogP contribution in [0, 0.1) is 5.92 Å². The predicted molar refractivity (Wildman–Crippen MR) is 86.7 cm³/mol.